The number of hydrogen-bond acceptors (Lipinski definition) is 5. The minimum atomic E-state index is 1.05. The Morgan fingerprint density at radius 3 is 2.50 bits per heavy atom. The first kappa shape index (κ1) is 15.8. The van der Waals surface area contributed by atoms with Gasteiger partial charge >= 0.3 is 0 Å². The standard InChI is InChI=1S/C19H24N4S/c1-2-7-17(8-3-1)23-19-10-5-4-9-18(19)22(24-23)16-15-21-13-6-11-20-12-14-21/h1-5,7-10,20H,6,11-16H2. The number of nitrogens with zero attached hydrogens (tertiary/aromatic N) is 3. The molecule has 0 atom stereocenters. The van der Waals surface area contributed by atoms with Crippen molar-refractivity contribution >= 4 is 29.2 Å². The molecule has 1 N–H and O–H groups in total. The summed E-state index contributed by atoms with van der Waals surface area (Å²) in [6.45, 7) is 6.79. The molecule has 0 radical (unpaired) electrons. The van der Waals surface area contributed by atoms with Gasteiger partial charge in [0, 0.05) is 26.2 Å². The predicted octanol–water partition coefficient (Wildman–Crippen LogP) is 3.50. The monoisotopic (exact) mass is 340 g/mol. The van der Waals surface area contributed by atoms with Crippen LogP contribution in [0.25, 0.3) is 0 Å². The first-order valence-corrected chi connectivity index (χ1v) is 9.48. The van der Waals surface area contributed by atoms with Crippen LogP contribution in [0.15, 0.2) is 54.6 Å². The van der Waals surface area contributed by atoms with Crippen LogP contribution in [0.1, 0.15) is 6.42 Å². The van der Waals surface area contributed by atoms with Crippen LogP contribution in [0, 0.1) is 0 Å². The van der Waals surface area contributed by atoms with Gasteiger partial charge in [0.25, 0.3) is 0 Å². The first-order valence-electron chi connectivity index (χ1n) is 8.75. The van der Waals surface area contributed by atoms with E-state index in [1.807, 2.05) is 12.1 Å². The van der Waals surface area contributed by atoms with Gasteiger partial charge < -0.3 is 10.2 Å². The van der Waals surface area contributed by atoms with Crippen LogP contribution in [-0.4, -0.2) is 44.2 Å². The summed E-state index contributed by atoms with van der Waals surface area (Å²) in [7, 11) is 0. The zero-order valence-corrected chi connectivity index (χ0v) is 14.7. The van der Waals surface area contributed by atoms with E-state index in [4.69, 9.17) is 0 Å². The largest absolute Gasteiger partial charge is 0.315 e. The Labute approximate surface area is 148 Å². The van der Waals surface area contributed by atoms with Gasteiger partial charge in [-0.25, -0.2) is 0 Å². The maximum Gasteiger partial charge on any atom is 0.0784 e. The molecule has 2 heterocycles. The van der Waals surface area contributed by atoms with Gasteiger partial charge in [-0.1, -0.05) is 30.3 Å². The van der Waals surface area contributed by atoms with Crippen LogP contribution < -0.4 is 13.9 Å². The summed E-state index contributed by atoms with van der Waals surface area (Å²) in [4.78, 5) is 2.58. The molecule has 2 aliphatic rings. The highest BCUT2D eigenvalue weighted by Gasteiger charge is 2.28. The summed E-state index contributed by atoms with van der Waals surface area (Å²) in [6.07, 6.45) is 1.25. The average Bonchev–Trinajstić information content (AvgIpc) is 2.81. The van der Waals surface area contributed by atoms with Crippen LogP contribution in [0.4, 0.5) is 17.1 Å². The molecule has 24 heavy (non-hydrogen) atoms. The second kappa shape index (κ2) is 7.47. The average molecular weight is 340 g/mol. The summed E-state index contributed by atoms with van der Waals surface area (Å²) >= 11 is 1.81. The number of fused-ring (bicyclic) bond motifs is 1. The molecule has 2 aliphatic heterocycles. The fourth-order valence-electron chi connectivity index (χ4n) is 3.30. The Morgan fingerprint density at radius 2 is 1.62 bits per heavy atom. The SMILES string of the molecule is c1ccc(N2SN(CCN3CCCNCC3)c3ccccc32)cc1. The van der Waals surface area contributed by atoms with Crippen molar-refractivity contribution in [3.63, 3.8) is 0 Å². The number of nitrogens with one attached hydrogen (secondary N) is 1. The normalized spacial score (nSPS) is 18.5. The Balaban J connectivity index is 1.48. The van der Waals surface area contributed by atoms with Gasteiger partial charge in [-0.05, 0) is 43.8 Å². The lowest BCUT2D eigenvalue weighted by atomic mass is 10.2. The Bertz CT molecular complexity index is 655. The zero-order valence-electron chi connectivity index (χ0n) is 13.9. The highest BCUT2D eigenvalue weighted by molar-refractivity contribution is 8.02. The van der Waals surface area contributed by atoms with Gasteiger partial charge in [-0.15, -0.1) is 0 Å². The van der Waals surface area contributed by atoms with Crippen LogP contribution in [0.2, 0.25) is 0 Å². The summed E-state index contributed by atoms with van der Waals surface area (Å²) in [5, 5.41) is 3.48. The molecule has 2 aromatic carbocycles. The van der Waals surface area contributed by atoms with Crippen molar-refractivity contribution in [1.29, 1.82) is 0 Å². The lowest BCUT2D eigenvalue weighted by Gasteiger charge is -2.24. The van der Waals surface area contributed by atoms with E-state index >= 15 is 0 Å². The van der Waals surface area contributed by atoms with Crippen LogP contribution in [0.3, 0.4) is 0 Å². The first-order chi connectivity index (χ1) is 11.9. The van der Waals surface area contributed by atoms with E-state index in [1.54, 1.807) is 0 Å². The zero-order chi connectivity index (χ0) is 16.2. The minimum absolute atomic E-state index is 1.05. The molecule has 4 rings (SSSR count). The van der Waals surface area contributed by atoms with Crippen molar-refractivity contribution in [3.05, 3.63) is 54.6 Å². The van der Waals surface area contributed by atoms with E-state index in [-0.39, 0.29) is 0 Å². The van der Waals surface area contributed by atoms with Crippen molar-refractivity contribution in [3.8, 4) is 0 Å². The number of anilines is 3. The molecule has 126 valence electrons. The number of hydrogen-bond donors (Lipinski definition) is 1. The van der Waals surface area contributed by atoms with E-state index in [0.29, 0.717) is 0 Å². The van der Waals surface area contributed by atoms with Crippen molar-refractivity contribution in [2.24, 2.45) is 0 Å². The number of benzene rings is 2. The van der Waals surface area contributed by atoms with E-state index in [0.717, 1.165) is 32.7 Å². The third kappa shape index (κ3) is 3.38. The molecule has 4 nitrogen and oxygen atoms in total. The summed E-state index contributed by atoms with van der Waals surface area (Å²) in [5.41, 5.74) is 3.84. The lowest BCUT2D eigenvalue weighted by molar-refractivity contribution is 0.302. The van der Waals surface area contributed by atoms with Gasteiger partial charge in [0.05, 0.1) is 29.2 Å². The third-order valence-electron chi connectivity index (χ3n) is 4.59. The molecule has 2 aromatic rings. The van der Waals surface area contributed by atoms with Gasteiger partial charge in [-0.2, -0.15) is 0 Å². The molecule has 0 saturated carbocycles. The Morgan fingerprint density at radius 1 is 0.833 bits per heavy atom. The molecule has 0 amide bonds. The molecule has 0 spiro atoms. The van der Waals surface area contributed by atoms with Crippen LogP contribution in [0.5, 0.6) is 0 Å². The Hall–Kier alpha value is -1.69. The predicted molar refractivity (Wildman–Crippen MR) is 104 cm³/mol. The van der Waals surface area contributed by atoms with Crippen molar-refractivity contribution in [2.45, 2.75) is 6.42 Å². The number of rotatable bonds is 4. The topological polar surface area (TPSA) is 21.8 Å². The van der Waals surface area contributed by atoms with Crippen LogP contribution in [-0.2, 0) is 0 Å². The molecule has 5 heteroatoms. The third-order valence-corrected chi connectivity index (χ3v) is 5.74. The number of para-hydroxylation sites is 3. The molecule has 1 saturated heterocycles. The second-order valence-electron chi connectivity index (χ2n) is 6.25. The van der Waals surface area contributed by atoms with E-state index < -0.39 is 0 Å². The van der Waals surface area contributed by atoms with Crippen molar-refractivity contribution < 1.29 is 0 Å². The molecular formula is C19H24N4S. The lowest BCUT2D eigenvalue weighted by Crippen LogP contribution is -2.34. The van der Waals surface area contributed by atoms with E-state index in [1.165, 1.54) is 30.0 Å². The summed E-state index contributed by atoms with van der Waals surface area (Å²) in [6, 6.07) is 19.3. The minimum Gasteiger partial charge on any atom is -0.315 e. The summed E-state index contributed by atoms with van der Waals surface area (Å²) < 4.78 is 4.76. The molecule has 0 aromatic heterocycles. The Kier molecular flexibility index (Phi) is 4.92. The maximum absolute atomic E-state index is 3.48. The van der Waals surface area contributed by atoms with Crippen LogP contribution >= 0.6 is 12.1 Å². The molecule has 1 fully saturated rings. The van der Waals surface area contributed by atoms with Crippen molar-refractivity contribution in [2.75, 3.05) is 47.9 Å². The fraction of sp³-hybridized carbons (Fsp3) is 0.368. The van der Waals surface area contributed by atoms with E-state index in [9.17, 15) is 0 Å². The highest BCUT2D eigenvalue weighted by atomic mass is 32.2. The van der Waals surface area contributed by atoms with Gasteiger partial charge in [0.15, 0.2) is 0 Å². The van der Waals surface area contributed by atoms with Gasteiger partial charge in [0.1, 0.15) is 0 Å². The van der Waals surface area contributed by atoms with Gasteiger partial charge in [-0.3, -0.25) is 8.61 Å². The molecule has 0 aliphatic carbocycles. The second-order valence-corrected chi connectivity index (χ2v) is 7.22. The fourth-order valence-corrected chi connectivity index (χ4v) is 4.36. The molecule has 0 bridgehead atoms. The van der Waals surface area contributed by atoms with Gasteiger partial charge in [0.2, 0.25) is 0 Å². The van der Waals surface area contributed by atoms with Crippen molar-refractivity contribution in [1.82, 2.24) is 10.2 Å². The maximum atomic E-state index is 3.48. The smallest absolute Gasteiger partial charge is 0.0784 e. The highest BCUT2D eigenvalue weighted by Crippen LogP contribution is 2.48. The molecular weight excluding hydrogens is 316 g/mol. The summed E-state index contributed by atoms with van der Waals surface area (Å²) in [5.74, 6) is 0. The quantitative estimate of drug-likeness (QED) is 0.858. The molecule has 0 unspecified atom stereocenters. The van der Waals surface area contributed by atoms with E-state index in [2.05, 4.69) is 73.4 Å².